The van der Waals surface area contributed by atoms with Crippen molar-refractivity contribution >= 4 is 23.1 Å². The van der Waals surface area contributed by atoms with Crippen molar-refractivity contribution in [3.05, 3.63) is 84.8 Å². The second-order valence-electron chi connectivity index (χ2n) is 6.24. The summed E-state index contributed by atoms with van der Waals surface area (Å²) in [6, 6.07) is 13.0. The molecule has 0 aliphatic carbocycles. The number of nitrogens with zero attached hydrogens (tertiary/aromatic N) is 3. The van der Waals surface area contributed by atoms with Gasteiger partial charge in [0.2, 0.25) is 0 Å². The second-order valence-corrected chi connectivity index (χ2v) is 6.24. The molecule has 0 saturated carbocycles. The van der Waals surface area contributed by atoms with Gasteiger partial charge in [0.05, 0.1) is 36.3 Å². The van der Waals surface area contributed by atoms with Crippen LogP contribution >= 0.6 is 0 Å². The molecule has 29 heavy (non-hydrogen) atoms. The van der Waals surface area contributed by atoms with E-state index in [-0.39, 0.29) is 11.6 Å². The van der Waals surface area contributed by atoms with E-state index in [1.54, 1.807) is 31.0 Å². The predicted molar refractivity (Wildman–Crippen MR) is 110 cm³/mol. The number of hydrogen-bond acceptors (Lipinski definition) is 7. The monoisotopic (exact) mass is 386 g/mol. The minimum atomic E-state index is -0.335. The zero-order chi connectivity index (χ0) is 20.1. The molecule has 1 aromatic carbocycles. The van der Waals surface area contributed by atoms with Crippen LogP contribution in [-0.4, -0.2) is 20.9 Å². The van der Waals surface area contributed by atoms with Crippen molar-refractivity contribution in [2.45, 2.75) is 6.54 Å². The Morgan fingerprint density at radius 3 is 2.76 bits per heavy atom. The number of anilines is 3. The molecule has 144 valence electrons. The highest BCUT2D eigenvalue weighted by Crippen LogP contribution is 2.18. The Morgan fingerprint density at radius 2 is 2.00 bits per heavy atom. The average molecular weight is 386 g/mol. The van der Waals surface area contributed by atoms with E-state index in [9.17, 15) is 4.79 Å². The summed E-state index contributed by atoms with van der Waals surface area (Å²) in [7, 11) is 0. The van der Waals surface area contributed by atoms with E-state index in [4.69, 9.17) is 10.2 Å². The average Bonchev–Trinajstić information content (AvgIpc) is 3.28. The minimum Gasteiger partial charge on any atom is -0.472 e. The van der Waals surface area contributed by atoms with Crippen LogP contribution in [0.2, 0.25) is 0 Å². The van der Waals surface area contributed by atoms with E-state index in [1.165, 1.54) is 6.20 Å². The Labute approximate surface area is 166 Å². The summed E-state index contributed by atoms with van der Waals surface area (Å²) in [5.41, 5.74) is 9.90. The number of carbonyl (C=O) groups excluding carboxylic acids is 1. The highest BCUT2D eigenvalue weighted by atomic mass is 16.3. The van der Waals surface area contributed by atoms with Crippen LogP contribution in [-0.2, 0) is 6.54 Å². The molecule has 4 rings (SSSR count). The van der Waals surface area contributed by atoms with E-state index < -0.39 is 0 Å². The number of nitrogen functional groups attached to an aromatic ring is 1. The molecule has 0 fully saturated rings. The SMILES string of the molecule is Nc1ncccc1NCc1cccc(NC(=O)c2cnc(-c3ccoc3)cn2)c1. The number of amides is 1. The first-order valence-corrected chi connectivity index (χ1v) is 8.88. The lowest BCUT2D eigenvalue weighted by Crippen LogP contribution is -2.14. The quantitative estimate of drug-likeness (QED) is 0.463. The third-order valence-electron chi connectivity index (χ3n) is 4.21. The van der Waals surface area contributed by atoms with Gasteiger partial charge < -0.3 is 20.8 Å². The Bertz CT molecular complexity index is 1110. The van der Waals surface area contributed by atoms with Crippen LogP contribution < -0.4 is 16.4 Å². The van der Waals surface area contributed by atoms with Gasteiger partial charge in [-0.2, -0.15) is 0 Å². The van der Waals surface area contributed by atoms with Crippen molar-refractivity contribution in [2.24, 2.45) is 0 Å². The second kappa shape index (κ2) is 8.22. The summed E-state index contributed by atoms with van der Waals surface area (Å²) in [4.78, 5) is 25.0. The summed E-state index contributed by atoms with van der Waals surface area (Å²) in [6.07, 6.45) is 7.75. The van der Waals surface area contributed by atoms with Gasteiger partial charge >= 0.3 is 0 Å². The van der Waals surface area contributed by atoms with Gasteiger partial charge in [0.15, 0.2) is 0 Å². The van der Waals surface area contributed by atoms with E-state index in [2.05, 4.69) is 25.6 Å². The minimum absolute atomic E-state index is 0.226. The maximum absolute atomic E-state index is 12.5. The van der Waals surface area contributed by atoms with Crippen LogP contribution in [0.15, 0.2) is 78.0 Å². The van der Waals surface area contributed by atoms with Gasteiger partial charge in [0.1, 0.15) is 11.5 Å². The summed E-state index contributed by atoms with van der Waals surface area (Å²) in [6.45, 7) is 0.540. The molecule has 8 heteroatoms. The highest BCUT2D eigenvalue weighted by Gasteiger charge is 2.10. The topological polar surface area (TPSA) is 119 Å². The van der Waals surface area contributed by atoms with Gasteiger partial charge in [-0.25, -0.2) is 9.97 Å². The van der Waals surface area contributed by atoms with Crippen LogP contribution in [0.5, 0.6) is 0 Å². The molecule has 0 unspecified atom stereocenters. The molecular weight excluding hydrogens is 368 g/mol. The molecule has 8 nitrogen and oxygen atoms in total. The van der Waals surface area contributed by atoms with Crippen molar-refractivity contribution in [1.82, 2.24) is 15.0 Å². The summed E-state index contributed by atoms with van der Waals surface area (Å²) in [5.74, 6) is 0.104. The number of furan rings is 1. The molecule has 4 N–H and O–H groups in total. The number of rotatable bonds is 6. The normalized spacial score (nSPS) is 10.5. The molecule has 0 spiro atoms. The first-order chi connectivity index (χ1) is 14.2. The molecule has 0 atom stereocenters. The fourth-order valence-corrected chi connectivity index (χ4v) is 2.72. The lowest BCUT2D eigenvalue weighted by atomic mass is 10.2. The maximum Gasteiger partial charge on any atom is 0.275 e. The first-order valence-electron chi connectivity index (χ1n) is 8.88. The molecular formula is C21H18N6O2. The molecule has 0 aliphatic heterocycles. The lowest BCUT2D eigenvalue weighted by molar-refractivity contribution is 0.102. The van der Waals surface area contributed by atoms with E-state index in [0.717, 1.165) is 16.8 Å². The molecule has 3 heterocycles. The molecule has 0 aliphatic rings. The van der Waals surface area contributed by atoms with Crippen LogP contribution in [0.4, 0.5) is 17.2 Å². The van der Waals surface area contributed by atoms with Crippen molar-refractivity contribution in [3.8, 4) is 11.3 Å². The molecule has 3 aromatic heterocycles. The van der Waals surface area contributed by atoms with Crippen LogP contribution in [0.25, 0.3) is 11.3 Å². The van der Waals surface area contributed by atoms with Gasteiger partial charge in [-0.15, -0.1) is 0 Å². The van der Waals surface area contributed by atoms with E-state index >= 15 is 0 Å². The number of hydrogen-bond donors (Lipinski definition) is 3. The molecule has 1 amide bonds. The summed E-state index contributed by atoms with van der Waals surface area (Å²) >= 11 is 0. The Morgan fingerprint density at radius 1 is 1.07 bits per heavy atom. The molecule has 0 saturated heterocycles. The number of nitrogens with one attached hydrogen (secondary N) is 2. The standard InChI is InChI=1S/C21H18N6O2/c22-20-17(5-2-7-23-20)24-10-14-3-1-4-16(9-14)27-21(28)19-12-25-18(11-26-19)15-6-8-29-13-15/h1-9,11-13,24H,10H2,(H2,22,23)(H,27,28). The zero-order valence-electron chi connectivity index (χ0n) is 15.4. The molecule has 0 radical (unpaired) electrons. The fraction of sp³-hybridized carbons (Fsp3) is 0.0476. The predicted octanol–water partition coefficient (Wildman–Crippen LogP) is 3.58. The highest BCUT2D eigenvalue weighted by molar-refractivity contribution is 6.02. The van der Waals surface area contributed by atoms with Crippen molar-refractivity contribution in [1.29, 1.82) is 0 Å². The Balaban J connectivity index is 1.41. The van der Waals surface area contributed by atoms with Gasteiger partial charge in [-0.05, 0) is 35.9 Å². The van der Waals surface area contributed by atoms with E-state index in [1.807, 2.05) is 36.4 Å². The zero-order valence-corrected chi connectivity index (χ0v) is 15.4. The number of pyridine rings is 1. The van der Waals surface area contributed by atoms with Crippen LogP contribution in [0, 0.1) is 0 Å². The van der Waals surface area contributed by atoms with Gasteiger partial charge in [-0.1, -0.05) is 12.1 Å². The van der Waals surface area contributed by atoms with Crippen molar-refractivity contribution in [3.63, 3.8) is 0 Å². The fourth-order valence-electron chi connectivity index (χ4n) is 2.72. The third-order valence-corrected chi connectivity index (χ3v) is 4.21. The first kappa shape index (κ1) is 18.2. The smallest absolute Gasteiger partial charge is 0.275 e. The van der Waals surface area contributed by atoms with Crippen LogP contribution in [0.1, 0.15) is 16.1 Å². The molecule has 4 aromatic rings. The number of carbonyl (C=O) groups is 1. The van der Waals surface area contributed by atoms with Crippen molar-refractivity contribution in [2.75, 3.05) is 16.4 Å². The van der Waals surface area contributed by atoms with Gasteiger partial charge in [-0.3, -0.25) is 9.78 Å². The number of benzene rings is 1. The Kier molecular flexibility index (Phi) is 5.15. The van der Waals surface area contributed by atoms with E-state index in [0.29, 0.717) is 23.7 Å². The Hall–Kier alpha value is -4.20. The third kappa shape index (κ3) is 4.38. The number of aromatic nitrogens is 3. The van der Waals surface area contributed by atoms with Crippen molar-refractivity contribution < 1.29 is 9.21 Å². The maximum atomic E-state index is 12.5. The lowest BCUT2D eigenvalue weighted by Gasteiger charge is -2.10. The summed E-state index contributed by atoms with van der Waals surface area (Å²) < 4.78 is 5.03. The van der Waals surface area contributed by atoms with Gasteiger partial charge in [0.25, 0.3) is 5.91 Å². The number of nitrogens with two attached hydrogens (primary N) is 1. The molecule has 0 bridgehead atoms. The summed E-state index contributed by atoms with van der Waals surface area (Å²) in [5, 5.41) is 6.07. The van der Waals surface area contributed by atoms with Crippen LogP contribution in [0.3, 0.4) is 0 Å². The largest absolute Gasteiger partial charge is 0.472 e. The van der Waals surface area contributed by atoms with Gasteiger partial charge in [0, 0.05) is 24.0 Å².